The summed E-state index contributed by atoms with van der Waals surface area (Å²) in [4.78, 5) is 10.4. The first-order valence-electron chi connectivity index (χ1n) is 8.84. The molecule has 8 heteroatoms. The Balaban J connectivity index is 0.00000364. The average molecular weight is 504 g/mol. The van der Waals surface area contributed by atoms with Crippen LogP contribution in [0.15, 0.2) is 29.3 Å². The molecule has 0 atom stereocenters. The molecule has 1 heterocycles. The summed E-state index contributed by atoms with van der Waals surface area (Å²) in [6.07, 6.45) is 0.859. The second-order valence-electron chi connectivity index (χ2n) is 5.71. The minimum absolute atomic E-state index is 0. The number of nitrogens with one attached hydrogen (secondary N) is 2. The lowest BCUT2D eigenvalue weighted by atomic mass is 10.3. The van der Waals surface area contributed by atoms with Crippen molar-refractivity contribution in [1.29, 1.82) is 0 Å². The highest BCUT2D eigenvalue weighted by atomic mass is 127. The van der Waals surface area contributed by atoms with Crippen LogP contribution in [0.25, 0.3) is 0 Å². The van der Waals surface area contributed by atoms with E-state index >= 15 is 0 Å². The Morgan fingerprint density at radius 1 is 1.15 bits per heavy atom. The van der Waals surface area contributed by atoms with Gasteiger partial charge in [-0.3, -0.25) is 4.99 Å². The van der Waals surface area contributed by atoms with Crippen LogP contribution >= 0.6 is 35.3 Å². The van der Waals surface area contributed by atoms with Gasteiger partial charge in [-0.2, -0.15) is 0 Å². The van der Waals surface area contributed by atoms with E-state index in [1.54, 1.807) is 18.4 Å². The second-order valence-corrected chi connectivity index (χ2v) is 7.00. The molecule has 6 nitrogen and oxygen atoms in total. The van der Waals surface area contributed by atoms with E-state index in [-0.39, 0.29) is 24.0 Å². The molecule has 1 aromatic carbocycles. The molecule has 2 aromatic rings. The molecule has 0 bridgehead atoms. The molecule has 0 unspecified atom stereocenters. The summed E-state index contributed by atoms with van der Waals surface area (Å²) in [5.74, 6) is 2.45. The molecular weight excluding hydrogens is 475 g/mol. The molecule has 0 fully saturated rings. The van der Waals surface area contributed by atoms with E-state index in [2.05, 4.69) is 34.5 Å². The van der Waals surface area contributed by atoms with Gasteiger partial charge >= 0.3 is 0 Å². The number of ether oxygens (including phenoxy) is 2. The van der Waals surface area contributed by atoms with Crippen molar-refractivity contribution in [2.75, 3.05) is 33.4 Å². The lowest BCUT2D eigenvalue weighted by Crippen LogP contribution is -2.39. The van der Waals surface area contributed by atoms with Gasteiger partial charge in [-0.1, -0.05) is 0 Å². The summed E-state index contributed by atoms with van der Waals surface area (Å²) in [6, 6.07) is 7.57. The highest BCUT2D eigenvalue weighted by molar-refractivity contribution is 14.0. The summed E-state index contributed by atoms with van der Waals surface area (Å²) in [5.41, 5.74) is 1.12. The molecule has 0 saturated carbocycles. The molecule has 0 spiro atoms. The first-order chi connectivity index (χ1) is 12.6. The molecule has 0 radical (unpaired) electrons. The fraction of sp³-hybridized carbons (Fsp3) is 0.474. The van der Waals surface area contributed by atoms with Crippen LogP contribution in [-0.2, 0) is 6.42 Å². The molecular formula is C19H29IN4O2S. The number of thiazole rings is 1. The van der Waals surface area contributed by atoms with Crippen molar-refractivity contribution in [2.24, 2.45) is 4.99 Å². The summed E-state index contributed by atoms with van der Waals surface area (Å²) in [5, 5.41) is 7.68. The van der Waals surface area contributed by atoms with Gasteiger partial charge < -0.3 is 20.1 Å². The van der Waals surface area contributed by atoms with E-state index in [0.717, 1.165) is 41.1 Å². The van der Waals surface area contributed by atoms with E-state index in [9.17, 15) is 0 Å². The number of nitrogens with zero attached hydrogens (tertiary/aromatic N) is 2. The van der Waals surface area contributed by atoms with Crippen LogP contribution in [0.3, 0.4) is 0 Å². The number of guanidine groups is 1. The average Bonchev–Trinajstić information content (AvgIpc) is 2.97. The van der Waals surface area contributed by atoms with Gasteiger partial charge in [-0.15, -0.1) is 35.3 Å². The van der Waals surface area contributed by atoms with Gasteiger partial charge in [0.05, 0.1) is 24.4 Å². The minimum atomic E-state index is 0. The van der Waals surface area contributed by atoms with E-state index in [0.29, 0.717) is 19.7 Å². The standard InChI is InChI=1S/C19H28N4O2S.HI/c1-5-20-19(21-11-10-18-23-14(2)15(3)26-18)22-12-13-25-17-8-6-16(24-4)7-9-17;/h6-9H,5,10-13H2,1-4H3,(H2,20,21,22);1H. The van der Waals surface area contributed by atoms with E-state index in [1.807, 2.05) is 31.2 Å². The van der Waals surface area contributed by atoms with Crippen molar-refractivity contribution in [2.45, 2.75) is 27.2 Å². The smallest absolute Gasteiger partial charge is 0.191 e. The summed E-state index contributed by atoms with van der Waals surface area (Å²) in [6.45, 7) is 8.97. The Morgan fingerprint density at radius 2 is 1.85 bits per heavy atom. The number of aromatic nitrogens is 1. The number of hydrogen-bond donors (Lipinski definition) is 2. The summed E-state index contributed by atoms with van der Waals surface area (Å²) < 4.78 is 10.8. The Labute approximate surface area is 182 Å². The first kappa shape index (κ1) is 23.5. The van der Waals surface area contributed by atoms with E-state index in [4.69, 9.17) is 9.47 Å². The van der Waals surface area contributed by atoms with Gasteiger partial charge in [0.15, 0.2) is 5.96 Å². The molecule has 27 heavy (non-hydrogen) atoms. The second kappa shape index (κ2) is 12.8. The third kappa shape index (κ3) is 8.34. The molecule has 2 N–H and O–H groups in total. The molecule has 2 rings (SSSR count). The lowest BCUT2D eigenvalue weighted by Gasteiger charge is -2.12. The van der Waals surface area contributed by atoms with Gasteiger partial charge in [0.25, 0.3) is 0 Å². The van der Waals surface area contributed by atoms with Crippen LogP contribution < -0.4 is 20.1 Å². The Kier molecular flexibility index (Phi) is 11.1. The number of aliphatic imine (C=N–C) groups is 1. The maximum Gasteiger partial charge on any atom is 0.191 e. The Morgan fingerprint density at radius 3 is 2.44 bits per heavy atom. The molecule has 150 valence electrons. The van der Waals surface area contributed by atoms with Crippen LogP contribution in [0.5, 0.6) is 11.5 Å². The largest absolute Gasteiger partial charge is 0.497 e. The third-order valence-electron chi connectivity index (χ3n) is 3.74. The predicted molar refractivity (Wildman–Crippen MR) is 123 cm³/mol. The van der Waals surface area contributed by atoms with Gasteiger partial charge in [0, 0.05) is 24.4 Å². The maximum absolute atomic E-state index is 5.71. The van der Waals surface area contributed by atoms with Crippen LogP contribution in [0.1, 0.15) is 22.5 Å². The molecule has 0 aliphatic rings. The van der Waals surface area contributed by atoms with Crippen LogP contribution in [0, 0.1) is 13.8 Å². The predicted octanol–water partition coefficient (Wildman–Crippen LogP) is 3.56. The van der Waals surface area contributed by atoms with Crippen molar-refractivity contribution in [3.05, 3.63) is 39.8 Å². The normalized spacial score (nSPS) is 10.9. The molecule has 0 saturated heterocycles. The van der Waals surface area contributed by atoms with Crippen LogP contribution in [-0.4, -0.2) is 44.3 Å². The number of hydrogen-bond acceptors (Lipinski definition) is 5. The summed E-state index contributed by atoms with van der Waals surface area (Å²) in [7, 11) is 1.65. The number of methoxy groups -OCH3 is 1. The molecule has 1 aromatic heterocycles. The van der Waals surface area contributed by atoms with E-state index in [1.165, 1.54) is 4.88 Å². The first-order valence-corrected chi connectivity index (χ1v) is 9.66. The highest BCUT2D eigenvalue weighted by Crippen LogP contribution is 2.17. The topological polar surface area (TPSA) is 67.8 Å². The van der Waals surface area contributed by atoms with Crippen molar-refractivity contribution < 1.29 is 9.47 Å². The molecule has 0 amide bonds. The number of benzene rings is 1. The quantitative estimate of drug-likeness (QED) is 0.237. The van der Waals surface area contributed by atoms with Crippen molar-refractivity contribution >= 4 is 41.3 Å². The summed E-state index contributed by atoms with van der Waals surface area (Å²) >= 11 is 1.75. The van der Waals surface area contributed by atoms with Crippen molar-refractivity contribution in [1.82, 2.24) is 15.6 Å². The van der Waals surface area contributed by atoms with Gasteiger partial charge in [0.2, 0.25) is 0 Å². The monoisotopic (exact) mass is 504 g/mol. The minimum Gasteiger partial charge on any atom is -0.497 e. The molecule has 0 aliphatic heterocycles. The van der Waals surface area contributed by atoms with Crippen molar-refractivity contribution in [3.63, 3.8) is 0 Å². The number of halogens is 1. The van der Waals surface area contributed by atoms with Crippen LogP contribution in [0.4, 0.5) is 0 Å². The lowest BCUT2D eigenvalue weighted by molar-refractivity contribution is 0.321. The SMILES string of the molecule is CCNC(=NCCc1nc(C)c(C)s1)NCCOc1ccc(OC)cc1.I. The maximum atomic E-state index is 5.71. The fourth-order valence-corrected chi connectivity index (χ4v) is 3.18. The number of aryl methyl sites for hydroxylation is 2. The highest BCUT2D eigenvalue weighted by Gasteiger charge is 2.03. The zero-order valence-corrected chi connectivity index (χ0v) is 19.5. The fourth-order valence-electron chi connectivity index (χ4n) is 2.26. The Hall–Kier alpha value is -1.55. The third-order valence-corrected chi connectivity index (χ3v) is 4.87. The zero-order valence-electron chi connectivity index (χ0n) is 16.4. The van der Waals surface area contributed by atoms with Gasteiger partial charge in [0.1, 0.15) is 18.1 Å². The molecule has 0 aliphatic carbocycles. The van der Waals surface area contributed by atoms with Gasteiger partial charge in [-0.25, -0.2) is 4.98 Å². The van der Waals surface area contributed by atoms with Crippen LogP contribution in [0.2, 0.25) is 0 Å². The van der Waals surface area contributed by atoms with Gasteiger partial charge in [-0.05, 0) is 45.0 Å². The van der Waals surface area contributed by atoms with Crippen molar-refractivity contribution in [3.8, 4) is 11.5 Å². The number of rotatable bonds is 9. The zero-order chi connectivity index (χ0) is 18.8. The Bertz CT molecular complexity index is 685. The van der Waals surface area contributed by atoms with E-state index < -0.39 is 0 Å².